The molecule has 2 aromatic rings. The van der Waals surface area contributed by atoms with Gasteiger partial charge in [-0.05, 0) is 38.0 Å². The number of benzene rings is 1. The molecule has 0 radical (unpaired) electrons. The van der Waals surface area contributed by atoms with Gasteiger partial charge >= 0.3 is 0 Å². The maximum absolute atomic E-state index is 9.53. The monoisotopic (exact) mass is 372 g/mol. The Balaban J connectivity index is 1.58. The summed E-state index contributed by atoms with van der Waals surface area (Å²) in [6, 6.07) is 8.75. The van der Waals surface area contributed by atoms with Gasteiger partial charge in [-0.25, -0.2) is 0 Å². The van der Waals surface area contributed by atoms with Crippen LogP contribution in [0.5, 0.6) is 5.75 Å². The molecule has 0 unspecified atom stereocenters. The van der Waals surface area contributed by atoms with Gasteiger partial charge in [0.2, 0.25) is 0 Å². The minimum Gasteiger partial charge on any atom is -0.494 e. The van der Waals surface area contributed by atoms with Crippen molar-refractivity contribution >= 4 is 0 Å². The number of aromatic nitrogens is 2. The summed E-state index contributed by atoms with van der Waals surface area (Å²) in [6.45, 7) is 10.8. The average molecular weight is 373 g/mol. The summed E-state index contributed by atoms with van der Waals surface area (Å²) in [4.78, 5) is 4.98. The number of hydrogen-bond acceptors (Lipinski definition) is 5. The van der Waals surface area contributed by atoms with E-state index in [1.165, 1.54) is 11.1 Å². The fourth-order valence-corrected chi connectivity index (χ4v) is 3.74. The first kappa shape index (κ1) is 19.9. The summed E-state index contributed by atoms with van der Waals surface area (Å²) >= 11 is 0. The Morgan fingerprint density at radius 3 is 2.59 bits per heavy atom. The smallest absolute Gasteiger partial charge is 0.119 e. The molecule has 27 heavy (non-hydrogen) atoms. The van der Waals surface area contributed by atoms with Crippen LogP contribution in [-0.2, 0) is 19.6 Å². The molecule has 3 rings (SSSR count). The molecule has 6 heteroatoms. The minimum absolute atomic E-state index is 0.228. The zero-order chi connectivity index (χ0) is 19.1. The second-order valence-electron chi connectivity index (χ2n) is 7.15. The lowest BCUT2D eigenvalue weighted by molar-refractivity contribution is 0.0499. The van der Waals surface area contributed by atoms with Crippen molar-refractivity contribution in [3.8, 4) is 5.75 Å². The Hall–Kier alpha value is -1.89. The minimum atomic E-state index is 0.228. The molecule has 1 N–H and O–H groups in total. The first-order valence-electron chi connectivity index (χ1n) is 10.0. The number of nitrogens with zero attached hydrogens (tertiary/aromatic N) is 4. The number of aliphatic hydroxyl groups is 1. The Morgan fingerprint density at radius 1 is 1.11 bits per heavy atom. The van der Waals surface area contributed by atoms with Gasteiger partial charge in [0.15, 0.2) is 0 Å². The second kappa shape index (κ2) is 9.88. The lowest BCUT2D eigenvalue weighted by atomic mass is 10.1. The Kier molecular flexibility index (Phi) is 7.26. The predicted octanol–water partition coefficient (Wildman–Crippen LogP) is 2.37. The normalized spacial score (nSPS) is 18.7. The van der Waals surface area contributed by atoms with Crippen LogP contribution in [0, 0.1) is 0 Å². The average Bonchev–Trinajstić information content (AvgIpc) is 3.13. The third-order valence-electron chi connectivity index (χ3n) is 5.19. The van der Waals surface area contributed by atoms with Crippen molar-refractivity contribution in [3.05, 3.63) is 47.8 Å². The molecule has 1 aromatic heterocycles. The molecule has 1 atom stereocenters. The Labute approximate surface area is 162 Å². The maximum Gasteiger partial charge on any atom is 0.119 e. The molecule has 148 valence electrons. The van der Waals surface area contributed by atoms with E-state index in [0.717, 1.165) is 51.4 Å². The highest BCUT2D eigenvalue weighted by Crippen LogP contribution is 2.20. The van der Waals surface area contributed by atoms with E-state index in [1.54, 1.807) is 0 Å². The van der Waals surface area contributed by atoms with Crippen molar-refractivity contribution in [1.29, 1.82) is 0 Å². The van der Waals surface area contributed by atoms with E-state index in [9.17, 15) is 5.11 Å². The molecule has 0 saturated carbocycles. The van der Waals surface area contributed by atoms with Gasteiger partial charge in [0.05, 0.1) is 12.8 Å². The van der Waals surface area contributed by atoms with Crippen LogP contribution in [0.25, 0.3) is 0 Å². The standard InChI is InChI=1S/C21H32N4O2/c1-3-25-16-19(13-22-25)14-23-10-11-24(20(17-23)9-12-26)15-18-5-7-21(8-6-18)27-4-2/h5-8,13,16,20,26H,3-4,9-12,14-15,17H2,1-2H3/t20-/m1/s1. The van der Waals surface area contributed by atoms with Gasteiger partial charge in [-0.2, -0.15) is 5.10 Å². The molecule has 1 fully saturated rings. The van der Waals surface area contributed by atoms with Crippen LogP contribution in [-0.4, -0.2) is 63.6 Å². The van der Waals surface area contributed by atoms with E-state index in [-0.39, 0.29) is 6.61 Å². The number of aryl methyl sites for hydroxylation is 1. The summed E-state index contributed by atoms with van der Waals surface area (Å²) in [5, 5.41) is 13.9. The third kappa shape index (κ3) is 5.54. The number of hydrogen-bond donors (Lipinski definition) is 1. The lowest BCUT2D eigenvalue weighted by Gasteiger charge is -2.41. The molecule has 2 heterocycles. The quantitative estimate of drug-likeness (QED) is 0.732. The Morgan fingerprint density at radius 2 is 1.93 bits per heavy atom. The molecule has 1 aliphatic rings. The molecule has 6 nitrogen and oxygen atoms in total. The summed E-state index contributed by atoms with van der Waals surface area (Å²) in [7, 11) is 0. The van der Waals surface area contributed by atoms with Crippen molar-refractivity contribution in [2.75, 3.05) is 32.8 Å². The predicted molar refractivity (Wildman–Crippen MR) is 107 cm³/mol. The zero-order valence-corrected chi connectivity index (χ0v) is 16.5. The summed E-state index contributed by atoms with van der Waals surface area (Å²) in [5.41, 5.74) is 2.55. The van der Waals surface area contributed by atoms with Gasteiger partial charge < -0.3 is 9.84 Å². The molecule has 0 bridgehead atoms. The zero-order valence-electron chi connectivity index (χ0n) is 16.5. The van der Waals surface area contributed by atoms with E-state index in [4.69, 9.17) is 4.74 Å². The SMILES string of the molecule is CCOc1ccc(CN2CCN(Cc3cnn(CC)c3)C[C@H]2CCO)cc1. The van der Waals surface area contributed by atoms with Crippen LogP contribution in [0.2, 0.25) is 0 Å². The van der Waals surface area contributed by atoms with Gasteiger partial charge in [0.1, 0.15) is 5.75 Å². The summed E-state index contributed by atoms with van der Waals surface area (Å²) in [6.07, 6.45) is 4.91. The highest BCUT2D eigenvalue weighted by Gasteiger charge is 2.26. The number of piperazine rings is 1. The first-order valence-corrected chi connectivity index (χ1v) is 10.0. The first-order chi connectivity index (χ1) is 13.2. The van der Waals surface area contributed by atoms with Gasteiger partial charge in [-0.3, -0.25) is 14.5 Å². The molecule has 0 spiro atoms. The highest BCUT2D eigenvalue weighted by atomic mass is 16.5. The van der Waals surface area contributed by atoms with Crippen LogP contribution in [0.3, 0.4) is 0 Å². The topological polar surface area (TPSA) is 53.8 Å². The van der Waals surface area contributed by atoms with E-state index < -0.39 is 0 Å². The van der Waals surface area contributed by atoms with Crippen molar-refractivity contribution in [2.45, 2.75) is 45.9 Å². The molecule has 1 saturated heterocycles. The van der Waals surface area contributed by atoms with Crippen molar-refractivity contribution < 1.29 is 9.84 Å². The third-order valence-corrected chi connectivity index (χ3v) is 5.19. The fourth-order valence-electron chi connectivity index (χ4n) is 3.74. The molecule has 0 amide bonds. The second-order valence-corrected chi connectivity index (χ2v) is 7.15. The van der Waals surface area contributed by atoms with Crippen molar-refractivity contribution in [1.82, 2.24) is 19.6 Å². The van der Waals surface area contributed by atoms with Crippen LogP contribution < -0.4 is 4.74 Å². The van der Waals surface area contributed by atoms with E-state index in [0.29, 0.717) is 12.6 Å². The van der Waals surface area contributed by atoms with E-state index >= 15 is 0 Å². The lowest BCUT2D eigenvalue weighted by Crippen LogP contribution is -2.52. The molecular weight excluding hydrogens is 340 g/mol. The summed E-state index contributed by atoms with van der Waals surface area (Å²) in [5.74, 6) is 0.922. The molecule has 1 aliphatic heterocycles. The van der Waals surface area contributed by atoms with Gasteiger partial charge in [-0.15, -0.1) is 0 Å². The number of rotatable bonds is 9. The molecular formula is C21H32N4O2. The summed E-state index contributed by atoms with van der Waals surface area (Å²) < 4.78 is 7.51. The molecule has 0 aliphatic carbocycles. The highest BCUT2D eigenvalue weighted by molar-refractivity contribution is 5.27. The van der Waals surface area contributed by atoms with Crippen LogP contribution in [0.4, 0.5) is 0 Å². The largest absolute Gasteiger partial charge is 0.494 e. The number of aliphatic hydroxyl groups excluding tert-OH is 1. The number of ether oxygens (including phenoxy) is 1. The van der Waals surface area contributed by atoms with Crippen LogP contribution >= 0.6 is 0 Å². The Bertz CT molecular complexity index is 686. The van der Waals surface area contributed by atoms with E-state index in [1.807, 2.05) is 29.9 Å². The van der Waals surface area contributed by atoms with Gasteiger partial charge in [-0.1, -0.05) is 12.1 Å². The fraction of sp³-hybridized carbons (Fsp3) is 0.571. The molecule has 1 aromatic carbocycles. The van der Waals surface area contributed by atoms with E-state index in [2.05, 4.69) is 40.2 Å². The van der Waals surface area contributed by atoms with Crippen LogP contribution in [0.15, 0.2) is 36.7 Å². The maximum atomic E-state index is 9.53. The van der Waals surface area contributed by atoms with Crippen molar-refractivity contribution in [3.63, 3.8) is 0 Å². The van der Waals surface area contributed by atoms with Crippen LogP contribution in [0.1, 0.15) is 31.4 Å². The van der Waals surface area contributed by atoms with Crippen molar-refractivity contribution in [2.24, 2.45) is 0 Å². The van der Waals surface area contributed by atoms with Gasteiger partial charge in [0, 0.05) is 63.7 Å². The van der Waals surface area contributed by atoms with Gasteiger partial charge in [0.25, 0.3) is 0 Å².